The van der Waals surface area contributed by atoms with Crippen LogP contribution in [0, 0.1) is 0 Å². The number of carbonyl (C=O) groups excluding carboxylic acids is 1. The Morgan fingerprint density at radius 3 is 2.62 bits per heavy atom. The van der Waals surface area contributed by atoms with Crippen LogP contribution < -0.4 is 0 Å². The van der Waals surface area contributed by atoms with E-state index in [4.69, 9.17) is 4.42 Å². The van der Waals surface area contributed by atoms with Gasteiger partial charge in [-0.25, -0.2) is 0 Å². The van der Waals surface area contributed by atoms with Crippen LogP contribution in [0.3, 0.4) is 0 Å². The zero-order valence-electron chi connectivity index (χ0n) is 10.6. The molecule has 1 N–H and O–H groups in total. The van der Waals surface area contributed by atoms with Gasteiger partial charge in [0.2, 0.25) is 11.0 Å². The zero-order chi connectivity index (χ0) is 14.7. The van der Waals surface area contributed by atoms with E-state index in [9.17, 15) is 9.90 Å². The Bertz CT molecular complexity index is 774. The molecule has 3 rings (SSSR count). The van der Waals surface area contributed by atoms with Crippen molar-refractivity contribution in [2.24, 2.45) is 0 Å². The van der Waals surface area contributed by atoms with Crippen LogP contribution in [-0.4, -0.2) is 25.4 Å². The van der Waals surface area contributed by atoms with E-state index in [2.05, 4.69) is 15.2 Å². The van der Waals surface area contributed by atoms with Gasteiger partial charge in [0.15, 0.2) is 0 Å². The van der Waals surface area contributed by atoms with Crippen molar-refractivity contribution < 1.29 is 14.3 Å². The van der Waals surface area contributed by atoms with Crippen molar-refractivity contribution in [2.45, 2.75) is 5.22 Å². The summed E-state index contributed by atoms with van der Waals surface area (Å²) in [5.41, 5.74) is 0.922. The molecule has 0 radical (unpaired) electrons. The first-order chi connectivity index (χ1) is 10.2. The van der Waals surface area contributed by atoms with E-state index in [1.165, 1.54) is 12.1 Å². The third-order valence-electron chi connectivity index (χ3n) is 2.64. The van der Waals surface area contributed by atoms with Crippen LogP contribution in [0.4, 0.5) is 0 Å². The average molecular weight is 299 g/mol. The number of phenolic OH excluding ortho intramolecular Hbond substituents is 1. The molecule has 0 saturated carbocycles. The lowest BCUT2D eigenvalue weighted by Gasteiger charge is -1.99. The van der Waals surface area contributed by atoms with Gasteiger partial charge in [0.25, 0.3) is 5.22 Å². The molecule has 2 aromatic heterocycles. The average Bonchev–Trinajstić information content (AvgIpc) is 2.97. The highest BCUT2D eigenvalue weighted by Gasteiger charge is 2.17. The molecule has 0 bridgehead atoms. The summed E-state index contributed by atoms with van der Waals surface area (Å²) in [6.45, 7) is 0. The highest BCUT2D eigenvalue weighted by atomic mass is 32.2. The first-order valence-corrected chi connectivity index (χ1v) is 6.80. The standard InChI is InChI=1S/C14H9N3O3S/c18-11-4-2-1-3-10(11)13(19)21-14-17-16-12(20-14)9-5-7-15-8-6-9/h1-8,18H. The summed E-state index contributed by atoms with van der Waals surface area (Å²) in [6, 6.07) is 9.75. The lowest BCUT2D eigenvalue weighted by Crippen LogP contribution is -1.93. The number of nitrogens with zero attached hydrogens (tertiary/aromatic N) is 3. The van der Waals surface area contributed by atoms with Gasteiger partial charge in [-0.1, -0.05) is 12.1 Å². The topological polar surface area (TPSA) is 89.1 Å². The molecular formula is C14H9N3O3S. The molecule has 7 heteroatoms. The Kier molecular flexibility index (Phi) is 3.65. The fourth-order valence-corrected chi connectivity index (χ4v) is 2.29. The molecular weight excluding hydrogens is 290 g/mol. The Labute approximate surface area is 123 Å². The van der Waals surface area contributed by atoms with Crippen LogP contribution in [0.2, 0.25) is 0 Å². The van der Waals surface area contributed by atoms with Gasteiger partial charge in [-0.05, 0) is 24.3 Å². The lowest BCUT2D eigenvalue weighted by atomic mass is 10.2. The van der Waals surface area contributed by atoms with Gasteiger partial charge in [0, 0.05) is 29.7 Å². The van der Waals surface area contributed by atoms with Crippen molar-refractivity contribution >= 4 is 16.9 Å². The number of aromatic nitrogens is 3. The molecule has 1 aromatic carbocycles. The quantitative estimate of drug-likeness (QED) is 0.744. The van der Waals surface area contributed by atoms with E-state index in [-0.39, 0.29) is 21.7 Å². The molecule has 0 aliphatic rings. The molecule has 6 nitrogen and oxygen atoms in total. The minimum Gasteiger partial charge on any atom is -0.507 e. The first-order valence-electron chi connectivity index (χ1n) is 5.98. The molecule has 0 unspecified atom stereocenters. The van der Waals surface area contributed by atoms with E-state index in [0.717, 1.165) is 17.3 Å². The summed E-state index contributed by atoms with van der Waals surface area (Å²) in [6.07, 6.45) is 3.22. The van der Waals surface area contributed by atoms with E-state index >= 15 is 0 Å². The normalized spacial score (nSPS) is 10.5. The monoisotopic (exact) mass is 299 g/mol. The number of para-hydroxylation sites is 1. The van der Waals surface area contributed by atoms with Crippen molar-refractivity contribution in [3.05, 3.63) is 54.4 Å². The molecule has 2 heterocycles. The van der Waals surface area contributed by atoms with Crippen molar-refractivity contribution in [3.8, 4) is 17.2 Å². The van der Waals surface area contributed by atoms with Gasteiger partial charge in [-0.3, -0.25) is 9.78 Å². The Morgan fingerprint density at radius 2 is 1.86 bits per heavy atom. The smallest absolute Gasteiger partial charge is 0.284 e. The number of rotatable bonds is 3. The molecule has 0 aliphatic carbocycles. The van der Waals surface area contributed by atoms with Crippen LogP contribution in [-0.2, 0) is 0 Å². The molecule has 104 valence electrons. The Balaban J connectivity index is 1.79. The number of phenols is 1. The van der Waals surface area contributed by atoms with E-state index in [0.29, 0.717) is 5.89 Å². The summed E-state index contributed by atoms with van der Waals surface area (Å²) >= 11 is 0.772. The number of hydrogen-bond acceptors (Lipinski definition) is 7. The van der Waals surface area contributed by atoms with Crippen LogP contribution in [0.1, 0.15) is 10.4 Å². The number of pyridine rings is 1. The Morgan fingerprint density at radius 1 is 1.10 bits per heavy atom. The zero-order valence-corrected chi connectivity index (χ0v) is 11.4. The maximum absolute atomic E-state index is 12.0. The molecule has 0 fully saturated rings. The Hall–Kier alpha value is -2.67. The summed E-state index contributed by atoms with van der Waals surface area (Å²) < 4.78 is 5.41. The van der Waals surface area contributed by atoms with Crippen molar-refractivity contribution in [1.29, 1.82) is 0 Å². The summed E-state index contributed by atoms with van der Waals surface area (Å²) in [4.78, 5) is 15.9. The van der Waals surface area contributed by atoms with Crippen molar-refractivity contribution in [1.82, 2.24) is 15.2 Å². The van der Waals surface area contributed by atoms with E-state index in [1.54, 1.807) is 36.7 Å². The second kappa shape index (κ2) is 5.76. The SMILES string of the molecule is O=C(Sc1nnc(-c2ccncc2)o1)c1ccccc1O. The summed E-state index contributed by atoms with van der Waals surface area (Å²) in [7, 11) is 0. The predicted octanol–water partition coefficient (Wildman–Crippen LogP) is 2.77. The molecule has 0 amide bonds. The number of hydrogen-bond donors (Lipinski definition) is 1. The summed E-state index contributed by atoms with van der Waals surface area (Å²) in [5, 5.41) is 17.1. The van der Waals surface area contributed by atoms with Gasteiger partial charge >= 0.3 is 0 Å². The molecule has 3 aromatic rings. The maximum Gasteiger partial charge on any atom is 0.284 e. The van der Waals surface area contributed by atoms with Crippen LogP contribution in [0.15, 0.2) is 58.4 Å². The second-order valence-electron chi connectivity index (χ2n) is 4.02. The molecule has 0 saturated heterocycles. The van der Waals surface area contributed by atoms with Gasteiger partial charge in [-0.15, -0.1) is 10.2 Å². The number of thioether (sulfide) groups is 1. The van der Waals surface area contributed by atoms with E-state index in [1.807, 2.05) is 0 Å². The third-order valence-corrected chi connectivity index (χ3v) is 3.38. The largest absolute Gasteiger partial charge is 0.507 e. The molecule has 0 atom stereocenters. The molecule has 0 aliphatic heterocycles. The predicted molar refractivity (Wildman–Crippen MR) is 75.8 cm³/mol. The second-order valence-corrected chi connectivity index (χ2v) is 4.94. The lowest BCUT2D eigenvalue weighted by molar-refractivity contribution is 0.108. The van der Waals surface area contributed by atoms with Crippen molar-refractivity contribution in [3.63, 3.8) is 0 Å². The van der Waals surface area contributed by atoms with Crippen LogP contribution in [0.5, 0.6) is 5.75 Å². The minimum absolute atomic E-state index is 0.0797. The highest BCUT2D eigenvalue weighted by Crippen LogP contribution is 2.28. The van der Waals surface area contributed by atoms with Crippen LogP contribution >= 0.6 is 11.8 Å². The highest BCUT2D eigenvalue weighted by molar-refractivity contribution is 8.14. The molecule has 0 spiro atoms. The summed E-state index contributed by atoms with van der Waals surface area (Å²) in [5.74, 6) is 0.230. The fraction of sp³-hybridized carbons (Fsp3) is 0. The molecule has 21 heavy (non-hydrogen) atoms. The third kappa shape index (κ3) is 2.92. The maximum atomic E-state index is 12.0. The van der Waals surface area contributed by atoms with Crippen molar-refractivity contribution in [2.75, 3.05) is 0 Å². The van der Waals surface area contributed by atoms with Gasteiger partial charge < -0.3 is 9.52 Å². The van der Waals surface area contributed by atoms with E-state index < -0.39 is 0 Å². The minimum atomic E-state index is -0.363. The number of benzene rings is 1. The number of aromatic hydroxyl groups is 1. The first kappa shape index (κ1) is 13.3. The fourth-order valence-electron chi connectivity index (χ4n) is 1.64. The van der Waals surface area contributed by atoms with Gasteiger partial charge in [0.1, 0.15) is 5.75 Å². The van der Waals surface area contributed by atoms with Crippen LogP contribution in [0.25, 0.3) is 11.5 Å². The van der Waals surface area contributed by atoms with Gasteiger partial charge in [-0.2, -0.15) is 0 Å². The number of carbonyl (C=O) groups is 1. The van der Waals surface area contributed by atoms with Gasteiger partial charge in [0.05, 0.1) is 5.56 Å².